The van der Waals surface area contributed by atoms with Gasteiger partial charge in [0.2, 0.25) is 10.0 Å². The van der Waals surface area contributed by atoms with Crippen LogP contribution >= 0.6 is 0 Å². The van der Waals surface area contributed by atoms with E-state index in [9.17, 15) is 13.2 Å². The molecule has 0 saturated carbocycles. The molecule has 8 nitrogen and oxygen atoms in total. The van der Waals surface area contributed by atoms with Crippen LogP contribution in [-0.4, -0.2) is 30.9 Å². The molecule has 196 valence electrons. The number of rotatable bonds is 10. The Morgan fingerprint density at radius 1 is 1.03 bits per heavy atom. The van der Waals surface area contributed by atoms with Gasteiger partial charge in [-0.3, -0.25) is 4.79 Å². The van der Waals surface area contributed by atoms with E-state index in [4.69, 9.17) is 9.47 Å². The molecule has 1 atom stereocenters. The zero-order valence-electron chi connectivity index (χ0n) is 21.0. The second kappa shape index (κ2) is 11.2. The van der Waals surface area contributed by atoms with Crippen molar-refractivity contribution in [3.63, 3.8) is 0 Å². The van der Waals surface area contributed by atoms with Crippen LogP contribution in [0.2, 0.25) is 0 Å². The van der Waals surface area contributed by atoms with Gasteiger partial charge in [0.05, 0.1) is 24.9 Å². The number of fused-ring (bicyclic) bond motifs is 1. The van der Waals surface area contributed by atoms with Crippen LogP contribution in [0.1, 0.15) is 46.0 Å². The third-order valence-corrected chi connectivity index (χ3v) is 8.12. The van der Waals surface area contributed by atoms with Crippen LogP contribution in [0.4, 0.5) is 0 Å². The Morgan fingerprint density at radius 3 is 2.53 bits per heavy atom. The van der Waals surface area contributed by atoms with Gasteiger partial charge in [-0.15, -0.1) is 0 Å². The number of sulfonamides is 1. The maximum absolute atomic E-state index is 13.1. The Bertz CT molecular complexity index is 1500. The SMILES string of the molecule is COc1ccc(S(=O)(=O)NCc2c(O[C@H](Cn3ccnc3)c3ccccc3)ccc3c2CCCC3=O)cc1. The lowest BCUT2D eigenvalue weighted by molar-refractivity contribution is 0.0972. The molecule has 0 unspecified atom stereocenters. The van der Waals surface area contributed by atoms with Crippen LogP contribution in [0.5, 0.6) is 11.5 Å². The van der Waals surface area contributed by atoms with E-state index in [1.54, 1.807) is 36.8 Å². The maximum atomic E-state index is 13.1. The number of methoxy groups -OCH3 is 1. The molecule has 1 aliphatic rings. The molecule has 0 fully saturated rings. The molecule has 1 aromatic heterocycles. The van der Waals surface area contributed by atoms with E-state index < -0.39 is 10.0 Å². The molecule has 0 spiro atoms. The van der Waals surface area contributed by atoms with Crippen LogP contribution in [0, 0.1) is 0 Å². The van der Waals surface area contributed by atoms with Gasteiger partial charge in [-0.05, 0) is 60.4 Å². The zero-order valence-corrected chi connectivity index (χ0v) is 21.9. The van der Waals surface area contributed by atoms with Crippen LogP contribution in [0.3, 0.4) is 0 Å². The van der Waals surface area contributed by atoms with E-state index in [0.29, 0.717) is 48.4 Å². The van der Waals surface area contributed by atoms with Crippen LogP contribution in [-0.2, 0) is 29.5 Å². The number of Topliss-reactive ketones (excluding diaryl/α,β-unsaturated/α-hetero) is 1. The Morgan fingerprint density at radius 2 is 1.82 bits per heavy atom. The van der Waals surface area contributed by atoms with Gasteiger partial charge in [-0.2, -0.15) is 0 Å². The smallest absolute Gasteiger partial charge is 0.240 e. The van der Waals surface area contributed by atoms with Crippen molar-refractivity contribution in [1.82, 2.24) is 14.3 Å². The zero-order chi connectivity index (χ0) is 26.5. The Kier molecular flexibility index (Phi) is 7.57. The molecular formula is C29H29N3O5S. The van der Waals surface area contributed by atoms with E-state index in [-0.39, 0.29) is 23.3 Å². The van der Waals surface area contributed by atoms with Crippen molar-refractivity contribution in [3.8, 4) is 11.5 Å². The van der Waals surface area contributed by atoms with E-state index in [1.807, 2.05) is 41.1 Å². The highest BCUT2D eigenvalue weighted by molar-refractivity contribution is 7.89. The molecule has 5 rings (SSSR count). The predicted molar refractivity (Wildman–Crippen MR) is 143 cm³/mol. The van der Waals surface area contributed by atoms with Gasteiger partial charge in [0.1, 0.15) is 17.6 Å². The number of ether oxygens (including phenoxy) is 2. The summed E-state index contributed by atoms with van der Waals surface area (Å²) >= 11 is 0. The minimum atomic E-state index is -3.82. The normalized spacial score (nSPS) is 14.1. The second-order valence-electron chi connectivity index (χ2n) is 9.12. The van der Waals surface area contributed by atoms with Crippen molar-refractivity contribution in [2.45, 2.75) is 43.4 Å². The molecular weight excluding hydrogens is 502 g/mol. The summed E-state index contributed by atoms with van der Waals surface area (Å²) < 4.78 is 42.7. The average Bonchev–Trinajstić information content (AvgIpc) is 3.46. The van der Waals surface area contributed by atoms with Crippen molar-refractivity contribution in [2.24, 2.45) is 0 Å². The third-order valence-electron chi connectivity index (χ3n) is 6.70. The third kappa shape index (κ3) is 5.64. The number of nitrogens with zero attached hydrogens (tertiary/aromatic N) is 2. The first-order chi connectivity index (χ1) is 18.4. The first-order valence-corrected chi connectivity index (χ1v) is 13.9. The summed E-state index contributed by atoms with van der Waals surface area (Å²) in [5.74, 6) is 1.18. The Labute approximate surface area is 222 Å². The lowest BCUT2D eigenvalue weighted by Gasteiger charge is -2.26. The molecule has 0 amide bonds. The molecule has 0 bridgehead atoms. The summed E-state index contributed by atoms with van der Waals surface area (Å²) in [6.07, 6.45) is 6.83. The largest absolute Gasteiger partial charge is 0.497 e. The lowest BCUT2D eigenvalue weighted by Crippen LogP contribution is -2.26. The Hall–Kier alpha value is -3.95. The second-order valence-corrected chi connectivity index (χ2v) is 10.9. The molecule has 4 aromatic rings. The quantitative estimate of drug-likeness (QED) is 0.318. The molecule has 1 aliphatic carbocycles. The Balaban J connectivity index is 1.49. The number of nitrogens with one attached hydrogen (secondary N) is 1. The van der Waals surface area contributed by atoms with Gasteiger partial charge in [-0.25, -0.2) is 18.1 Å². The molecule has 0 aliphatic heterocycles. The van der Waals surface area contributed by atoms with Crippen LogP contribution < -0.4 is 14.2 Å². The molecule has 0 radical (unpaired) electrons. The maximum Gasteiger partial charge on any atom is 0.240 e. The first kappa shape index (κ1) is 25.7. The summed E-state index contributed by atoms with van der Waals surface area (Å²) in [5, 5.41) is 0. The van der Waals surface area contributed by atoms with E-state index in [1.165, 1.54) is 19.2 Å². The fourth-order valence-electron chi connectivity index (χ4n) is 4.71. The molecule has 38 heavy (non-hydrogen) atoms. The molecule has 3 aromatic carbocycles. The summed E-state index contributed by atoms with van der Waals surface area (Å²) in [6, 6.07) is 19.6. The van der Waals surface area contributed by atoms with Gasteiger partial charge in [0, 0.05) is 36.5 Å². The fourth-order valence-corrected chi connectivity index (χ4v) is 5.70. The minimum absolute atomic E-state index is 0.00721. The first-order valence-electron chi connectivity index (χ1n) is 12.4. The number of hydrogen-bond donors (Lipinski definition) is 1. The number of carbonyl (C=O) groups excluding carboxylic acids is 1. The van der Waals surface area contributed by atoms with Gasteiger partial charge in [0.25, 0.3) is 0 Å². The molecule has 0 saturated heterocycles. The molecule has 1 N–H and O–H groups in total. The predicted octanol–water partition coefficient (Wildman–Crippen LogP) is 4.71. The highest BCUT2D eigenvalue weighted by Crippen LogP contribution is 2.34. The number of carbonyl (C=O) groups is 1. The van der Waals surface area contributed by atoms with Gasteiger partial charge < -0.3 is 14.0 Å². The average molecular weight is 532 g/mol. The lowest BCUT2D eigenvalue weighted by atomic mass is 9.87. The van der Waals surface area contributed by atoms with Crippen LogP contribution in [0.15, 0.2) is 90.3 Å². The number of hydrogen-bond acceptors (Lipinski definition) is 6. The summed E-state index contributed by atoms with van der Waals surface area (Å²) in [4.78, 5) is 17.0. The van der Waals surface area contributed by atoms with Gasteiger partial charge >= 0.3 is 0 Å². The van der Waals surface area contributed by atoms with Gasteiger partial charge in [0.15, 0.2) is 5.78 Å². The van der Waals surface area contributed by atoms with Crippen molar-refractivity contribution in [2.75, 3.05) is 7.11 Å². The summed E-state index contributed by atoms with van der Waals surface area (Å²) in [7, 11) is -2.29. The fraction of sp³-hybridized carbons (Fsp3) is 0.241. The van der Waals surface area contributed by atoms with Crippen molar-refractivity contribution in [3.05, 3.63) is 108 Å². The standard InChI is InChI=1S/C29H29N3O5S/c1-36-22-10-12-23(13-11-22)38(34,35)31-18-26-24-8-5-9-27(33)25(24)14-15-28(26)37-29(19-32-17-16-30-20-32)21-6-3-2-4-7-21/h2-4,6-7,10-17,20,29,31H,5,8-9,18-19H2,1H3/t29-/m1/s1. The highest BCUT2D eigenvalue weighted by atomic mass is 32.2. The van der Waals surface area contributed by atoms with Crippen molar-refractivity contribution in [1.29, 1.82) is 0 Å². The number of imidazole rings is 1. The van der Waals surface area contributed by atoms with Gasteiger partial charge in [-0.1, -0.05) is 30.3 Å². The summed E-state index contributed by atoms with van der Waals surface area (Å²) in [6.45, 7) is 0.504. The monoisotopic (exact) mass is 531 g/mol. The molecule has 1 heterocycles. The topological polar surface area (TPSA) is 99.5 Å². The van der Waals surface area contributed by atoms with Crippen LogP contribution in [0.25, 0.3) is 0 Å². The summed E-state index contributed by atoms with van der Waals surface area (Å²) in [5.41, 5.74) is 3.12. The van der Waals surface area contributed by atoms with E-state index in [2.05, 4.69) is 9.71 Å². The van der Waals surface area contributed by atoms with E-state index >= 15 is 0 Å². The number of ketones is 1. The minimum Gasteiger partial charge on any atom is -0.497 e. The number of aromatic nitrogens is 2. The van der Waals surface area contributed by atoms with E-state index in [0.717, 1.165) is 11.1 Å². The highest BCUT2D eigenvalue weighted by Gasteiger charge is 2.26. The van der Waals surface area contributed by atoms with Crippen molar-refractivity contribution >= 4 is 15.8 Å². The number of benzene rings is 3. The molecule has 9 heteroatoms. The van der Waals surface area contributed by atoms with Crippen molar-refractivity contribution < 1.29 is 22.7 Å².